The fourth-order valence-electron chi connectivity index (χ4n) is 4.73. The summed E-state index contributed by atoms with van der Waals surface area (Å²) in [4.78, 5) is 37.5. The molecule has 58 heavy (non-hydrogen) atoms. The Bertz CT molecular complexity index is 1390. The normalized spacial score (nSPS) is 14.8. The third kappa shape index (κ3) is 42.0. The van der Waals surface area contributed by atoms with Crippen LogP contribution in [-0.4, -0.2) is 70.0 Å². The molecular weight excluding hydrogens is 750 g/mol. The third-order valence-electron chi connectivity index (χ3n) is 7.99. The first-order chi connectivity index (χ1) is 28.0. The number of likely N-dealkylation sites (N-methyl/N-ethyl adjacent to an activating group) is 1. The molecule has 0 amide bonds. The maximum absolute atomic E-state index is 12.6. The first-order valence-electron chi connectivity index (χ1n) is 21.2. The molecule has 0 aromatic rings. The maximum atomic E-state index is 12.6. The zero-order chi connectivity index (χ0) is 42.8. The van der Waals surface area contributed by atoms with Gasteiger partial charge in [0.15, 0.2) is 6.10 Å². The van der Waals surface area contributed by atoms with Crippen LogP contribution in [0, 0.1) is 0 Å². The van der Waals surface area contributed by atoms with Crippen LogP contribution in [0.5, 0.6) is 0 Å². The van der Waals surface area contributed by atoms with Gasteiger partial charge in [-0.15, -0.1) is 0 Å². The van der Waals surface area contributed by atoms with Gasteiger partial charge in [0, 0.05) is 12.8 Å². The largest absolute Gasteiger partial charge is 0.756 e. The monoisotopic (exact) mass is 826 g/mol. The van der Waals surface area contributed by atoms with Crippen LogP contribution in [0.15, 0.2) is 122 Å². The van der Waals surface area contributed by atoms with Gasteiger partial charge in [0.2, 0.25) is 0 Å². The molecular formula is C48H76NO8P. The van der Waals surface area contributed by atoms with E-state index in [0.29, 0.717) is 23.9 Å². The highest BCUT2D eigenvalue weighted by atomic mass is 31.2. The number of rotatable bonds is 36. The Hall–Kier alpha value is -3.59. The zero-order valence-electron chi connectivity index (χ0n) is 36.4. The van der Waals surface area contributed by atoms with Crippen LogP contribution in [0.1, 0.15) is 117 Å². The van der Waals surface area contributed by atoms with E-state index in [1.54, 1.807) is 0 Å². The van der Waals surface area contributed by atoms with Gasteiger partial charge in [-0.05, 0) is 89.9 Å². The predicted octanol–water partition coefficient (Wildman–Crippen LogP) is 11.5. The second-order valence-electron chi connectivity index (χ2n) is 14.6. The number of quaternary nitrogens is 1. The van der Waals surface area contributed by atoms with Crippen molar-refractivity contribution in [3.8, 4) is 0 Å². The lowest BCUT2D eigenvalue weighted by Gasteiger charge is -2.28. The maximum Gasteiger partial charge on any atom is 0.306 e. The van der Waals surface area contributed by atoms with Crippen molar-refractivity contribution in [1.29, 1.82) is 0 Å². The lowest BCUT2D eigenvalue weighted by Crippen LogP contribution is -2.37. The molecule has 0 radical (unpaired) electrons. The number of esters is 2. The summed E-state index contributed by atoms with van der Waals surface area (Å²) in [6.07, 6.45) is 53.9. The van der Waals surface area contributed by atoms with Crippen molar-refractivity contribution in [2.24, 2.45) is 0 Å². The number of phosphoric ester groups is 1. The lowest BCUT2D eigenvalue weighted by molar-refractivity contribution is -0.870. The fraction of sp³-hybridized carbons (Fsp3) is 0.542. The summed E-state index contributed by atoms with van der Waals surface area (Å²) in [7, 11) is 1.07. The Morgan fingerprint density at radius 2 is 0.948 bits per heavy atom. The summed E-state index contributed by atoms with van der Waals surface area (Å²) >= 11 is 0. The van der Waals surface area contributed by atoms with Gasteiger partial charge in [-0.25, -0.2) is 0 Å². The number of hydrogen-bond donors (Lipinski definition) is 0. The Morgan fingerprint density at radius 3 is 1.38 bits per heavy atom. The second kappa shape index (κ2) is 38.9. The number of ether oxygens (including phenoxy) is 2. The average Bonchev–Trinajstić information content (AvgIpc) is 3.17. The SMILES string of the molecule is CC/C=C/C/C=C/C/C=C/C/C=C/C/C=C/C/C=C/CCC(=O)O[C@H](COC(=O)CCCC/C=C/C/C=C/C/C=C/C/C=C/CC)COP(=O)([O-])OCC[N+](C)(C)C. The van der Waals surface area contributed by atoms with E-state index in [0.717, 1.165) is 77.0 Å². The molecule has 0 rings (SSSR count). The topological polar surface area (TPSA) is 111 Å². The summed E-state index contributed by atoms with van der Waals surface area (Å²) in [6.45, 7) is 3.82. The van der Waals surface area contributed by atoms with Gasteiger partial charge in [0.25, 0.3) is 7.82 Å². The minimum Gasteiger partial charge on any atom is -0.756 e. The van der Waals surface area contributed by atoms with Crippen LogP contribution in [-0.2, 0) is 32.7 Å². The van der Waals surface area contributed by atoms with E-state index in [4.69, 9.17) is 18.5 Å². The summed E-state index contributed by atoms with van der Waals surface area (Å²) in [5.41, 5.74) is 0. The van der Waals surface area contributed by atoms with Gasteiger partial charge in [-0.3, -0.25) is 14.2 Å². The van der Waals surface area contributed by atoms with E-state index in [-0.39, 0.29) is 26.1 Å². The predicted molar refractivity (Wildman–Crippen MR) is 240 cm³/mol. The van der Waals surface area contributed by atoms with Crippen molar-refractivity contribution in [1.82, 2.24) is 0 Å². The zero-order valence-corrected chi connectivity index (χ0v) is 37.3. The van der Waals surface area contributed by atoms with Gasteiger partial charge in [-0.1, -0.05) is 135 Å². The molecule has 0 aliphatic carbocycles. The van der Waals surface area contributed by atoms with E-state index in [2.05, 4.69) is 123 Å². The quantitative estimate of drug-likeness (QED) is 0.0202. The Balaban J connectivity index is 4.61. The minimum atomic E-state index is -4.66. The van der Waals surface area contributed by atoms with Crippen molar-refractivity contribution in [2.75, 3.05) is 47.5 Å². The van der Waals surface area contributed by atoms with Gasteiger partial charge >= 0.3 is 11.9 Å². The second-order valence-corrected chi connectivity index (χ2v) is 16.0. The van der Waals surface area contributed by atoms with Crippen molar-refractivity contribution < 1.29 is 42.1 Å². The molecule has 0 saturated carbocycles. The summed E-state index contributed by atoms with van der Waals surface area (Å²) in [5.74, 6) is -0.998. The Labute approximate surface area is 352 Å². The molecule has 326 valence electrons. The Kier molecular flexibility index (Phi) is 36.5. The van der Waals surface area contributed by atoms with E-state index in [9.17, 15) is 19.0 Å². The highest BCUT2D eigenvalue weighted by molar-refractivity contribution is 7.45. The Morgan fingerprint density at radius 1 is 0.534 bits per heavy atom. The number of carbonyl (C=O) groups excluding carboxylic acids is 2. The van der Waals surface area contributed by atoms with Crippen LogP contribution in [0.2, 0.25) is 0 Å². The van der Waals surface area contributed by atoms with Gasteiger partial charge < -0.3 is 27.9 Å². The standard InChI is InChI=1S/C48H76NO8P/c1-6-8-10-12-14-16-18-20-22-23-24-25-27-29-31-33-35-37-39-41-48(51)57-46(45-56-58(52,53)55-43-42-49(3,4)5)44-54-47(50)40-38-36-34-32-30-28-26-21-19-17-15-13-11-9-7-2/h8-11,14-17,20-22,24-26,29-32,35,37,46H,6-7,12-13,18-19,23,27-28,33-34,36,38-45H2,1-5H3/b10-8+,11-9+,16-14+,17-15+,22-20+,25-24+,26-21+,31-29+,32-30+,37-35+/t46-/m1/s1. The molecule has 10 heteroatoms. The average molecular weight is 826 g/mol. The number of allylic oxidation sites excluding steroid dienone is 20. The minimum absolute atomic E-state index is 0.0589. The van der Waals surface area contributed by atoms with Crippen LogP contribution in [0.3, 0.4) is 0 Å². The first-order valence-corrected chi connectivity index (χ1v) is 22.7. The lowest BCUT2D eigenvalue weighted by atomic mass is 10.2. The van der Waals surface area contributed by atoms with Gasteiger partial charge in [-0.2, -0.15) is 0 Å². The summed E-state index contributed by atoms with van der Waals surface area (Å²) in [6, 6.07) is 0. The molecule has 0 aliphatic heterocycles. The van der Waals surface area contributed by atoms with Crippen molar-refractivity contribution in [3.63, 3.8) is 0 Å². The molecule has 0 heterocycles. The molecule has 0 saturated heterocycles. The molecule has 0 fully saturated rings. The molecule has 0 spiro atoms. The van der Waals surface area contributed by atoms with E-state index in [1.165, 1.54) is 0 Å². The summed E-state index contributed by atoms with van der Waals surface area (Å²) < 4.78 is 33.7. The number of hydrogen-bond acceptors (Lipinski definition) is 8. The van der Waals surface area contributed by atoms with E-state index < -0.39 is 32.5 Å². The molecule has 2 atom stereocenters. The smallest absolute Gasteiger partial charge is 0.306 e. The van der Waals surface area contributed by atoms with Crippen molar-refractivity contribution in [3.05, 3.63) is 122 Å². The molecule has 0 bridgehead atoms. The molecule has 0 aromatic carbocycles. The number of unbranched alkanes of at least 4 members (excludes halogenated alkanes) is 2. The van der Waals surface area contributed by atoms with Crippen LogP contribution < -0.4 is 4.89 Å². The number of nitrogens with zero attached hydrogens (tertiary/aromatic N) is 1. The number of carbonyl (C=O) groups is 2. The van der Waals surface area contributed by atoms with E-state index in [1.807, 2.05) is 33.3 Å². The van der Waals surface area contributed by atoms with Crippen molar-refractivity contribution in [2.45, 2.75) is 123 Å². The highest BCUT2D eigenvalue weighted by Gasteiger charge is 2.21. The molecule has 9 nitrogen and oxygen atoms in total. The highest BCUT2D eigenvalue weighted by Crippen LogP contribution is 2.38. The third-order valence-corrected chi connectivity index (χ3v) is 8.95. The van der Waals surface area contributed by atoms with Crippen LogP contribution >= 0.6 is 7.82 Å². The van der Waals surface area contributed by atoms with Gasteiger partial charge in [0.05, 0.1) is 27.7 Å². The van der Waals surface area contributed by atoms with Crippen LogP contribution in [0.4, 0.5) is 0 Å². The molecule has 0 N–H and O–H groups in total. The molecule has 1 unspecified atom stereocenters. The first kappa shape index (κ1) is 54.4. The number of phosphoric acid groups is 1. The van der Waals surface area contributed by atoms with Crippen molar-refractivity contribution >= 4 is 19.8 Å². The summed E-state index contributed by atoms with van der Waals surface area (Å²) in [5, 5.41) is 0. The fourth-order valence-corrected chi connectivity index (χ4v) is 5.46. The van der Waals surface area contributed by atoms with E-state index >= 15 is 0 Å². The molecule has 0 aliphatic rings. The van der Waals surface area contributed by atoms with Crippen LogP contribution in [0.25, 0.3) is 0 Å². The molecule has 0 aromatic heterocycles. The van der Waals surface area contributed by atoms with Gasteiger partial charge in [0.1, 0.15) is 19.8 Å².